The van der Waals surface area contributed by atoms with Crippen LogP contribution in [0.1, 0.15) is 24.5 Å². The van der Waals surface area contributed by atoms with E-state index in [9.17, 15) is 4.79 Å². The summed E-state index contributed by atoms with van der Waals surface area (Å²) in [5, 5.41) is 12.4. The summed E-state index contributed by atoms with van der Waals surface area (Å²) in [6.07, 6.45) is 4.31. The average Bonchev–Trinajstić information content (AvgIpc) is 3.16. The third-order valence-electron chi connectivity index (χ3n) is 4.61. The molecule has 2 aromatic heterocycles. The molecule has 0 radical (unpaired) electrons. The van der Waals surface area contributed by atoms with Crippen LogP contribution >= 0.6 is 11.8 Å². The number of thioether (sulfide) groups is 1. The molecule has 158 valence electrons. The molecule has 30 heavy (non-hydrogen) atoms. The van der Waals surface area contributed by atoms with Crippen LogP contribution in [-0.2, 0) is 16.1 Å². The number of aromatic nitrogens is 4. The molecule has 3 aromatic rings. The molecule has 0 spiro atoms. The van der Waals surface area contributed by atoms with Crippen LogP contribution in [0, 0.1) is 13.8 Å². The molecule has 8 heteroatoms. The van der Waals surface area contributed by atoms with Gasteiger partial charge in [0.25, 0.3) is 0 Å². The Morgan fingerprint density at radius 2 is 1.87 bits per heavy atom. The maximum atomic E-state index is 12.6. The number of pyridine rings is 1. The fourth-order valence-corrected chi connectivity index (χ4v) is 3.86. The van der Waals surface area contributed by atoms with Crippen molar-refractivity contribution < 1.29 is 9.53 Å². The third-order valence-corrected chi connectivity index (χ3v) is 5.57. The van der Waals surface area contributed by atoms with Gasteiger partial charge in [0.1, 0.15) is 0 Å². The summed E-state index contributed by atoms with van der Waals surface area (Å²) in [5.74, 6) is 0.964. The van der Waals surface area contributed by atoms with Crippen molar-refractivity contribution in [3.63, 3.8) is 0 Å². The molecule has 7 nitrogen and oxygen atoms in total. The number of rotatable bonds is 10. The number of ether oxygens (including phenoxy) is 1. The number of aryl methyl sites for hydroxylation is 2. The molecule has 0 aliphatic rings. The molecule has 1 aromatic carbocycles. The van der Waals surface area contributed by atoms with Crippen LogP contribution in [0.5, 0.6) is 0 Å². The summed E-state index contributed by atoms with van der Waals surface area (Å²) < 4.78 is 7.52. The lowest BCUT2D eigenvalue weighted by Gasteiger charge is -2.12. The van der Waals surface area contributed by atoms with Gasteiger partial charge in [0.05, 0.1) is 5.75 Å². The van der Waals surface area contributed by atoms with Crippen LogP contribution in [0.4, 0.5) is 5.69 Å². The molecule has 0 saturated carbocycles. The summed E-state index contributed by atoms with van der Waals surface area (Å²) in [5.41, 5.74) is 3.92. The maximum Gasteiger partial charge on any atom is 0.234 e. The van der Waals surface area contributed by atoms with E-state index >= 15 is 0 Å². The lowest BCUT2D eigenvalue weighted by Crippen LogP contribution is -2.16. The van der Waals surface area contributed by atoms with Crippen molar-refractivity contribution >= 4 is 23.4 Å². The highest BCUT2D eigenvalue weighted by atomic mass is 32.2. The zero-order chi connectivity index (χ0) is 21.3. The number of anilines is 1. The highest BCUT2D eigenvalue weighted by molar-refractivity contribution is 7.99. The topological polar surface area (TPSA) is 81.9 Å². The van der Waals surface area contributed by atoms with E-state index < -0.39 is 0 Å². The van der Waals surface area contributed by atoms with E-state index in [0.29, 0.717) is 19.8 Å². The van der Waals surface area contributed by atoms with Gasteiger partial charge in [0.15, 0.2) is 11.0 Å². The molecule has 0 bridgehead atoms. The Bertz CT molecular complexity index is 955. The molecule has 1 N–H and O–H groups in total. The first kappa shape index (κ1) is 22.0. The van der Waals surface area contributed by atoms with Gasteiger partial charge in [-0.3, -0.25) is 9.78 Å². The minimum Gasteiger partial charge on any atom is -0.382 e. The second kappa shape index (κ2) is 10.9. The second-order valence-electron chi connectivity index (χ2n) is 6.85. The van der Waals surface area contributed by atoms with Gasteiger partial charge < -0.3 is 14.6 Å². The molecule has 1 amide bonds. The number of carbonyl (C=O) groups is 1. The largest absolute Gasteiger partial charge is 0.382 e. The van der Waals surface area contributed by atoms with E-state index in [0.717, 1.165) is 39.8 Å². The first-order valence-corrected chi connectivity index (χ1v) is 11.0. The molecular formula is C22H27N5O2S. The lowest BCUT2D eigenvalue weighted by atomic mass is 10.1. The Morgan fingerprint density at radius 3 is 2.57 bits per heavy atom. The SMILES string of the molecule is CCOCCCn1c(SCC(=O)Nc2c(C)cccc2C)nnc1-c1ccncc1. The van der Waals surface area contributed by atoms with Crippen molar-refractivity contribution in [3.05, 3.63) is 53.9 Å². The van der Waals surface area contributed by atoms with Crippen LogP contribution in [0.25, 0.3) is 11.4 Å². The number of para-hydroxylation sites is 1. The number of nitrogens with one attached hydrogen (secondary N) is 1. The molecule has 0 atom stereocenters. The van der Waals surface area contributed by atoms with Gasteiger partial charge >= 0.3 is 0 Å². The predicted octanol–water partition coefficient (Wildman–Crippen LogP) is 4.11. The van der Waals surface area contributed by atoms with E-state index in [1.54, 1.807) is 12.4 Å². The van der Waals surface area contributed by atoms with Crippen molar-refractivity contribution in [3.8, 4) is 11.4 Å². The molecule has 3 rings (SSSR count). The minimum absolute atomic E-state index is 0.0632. The molecular weight excluding hydrogens is 398 g/mol. The van der Waals surface area contributed by atoms with Gasteiger partial charge in [-0.15, -0.1) is 10.2 Å². The van der Waals surface area contributed by atoms with Gasteiger partial charge in [0, 0.05) is 43.4 Å². The Morgan fingerprint density at radius 1 is 1.13 bits per heavy atom. The van der Waals surface area contributed by atoms with E-state index in [2.05, 4.69) is 20.5 Å². The number of amides is 1. The van der Waals surface area contributed by atoms with Gasteiger partial charge in [-0.2, -0.15) is 0 Å². The molecule has 2 heterocycles. The Hall–Kier alpha value is -2.71. The molecule has 0 fully saturated rings. The van der Waals surface area contributed by atoms with Gasteiger partial charge in [-0.25, -0.2) is 0 Å². The van der Waals surface area contributed by atoms with Gasteiger partial charge in [-0.05, 0) is 50.5 Å². The summed E-state index contributed by atoms with van der Waals surface area (Å²) >= 11 is 1.39. The number of carbonyl (C=O) groups excluding carboxylic acids is 1. The zero-order valence-electron chi connectivity index (χ0n) is 17.6. The number of hydrogen-bond donors (Lipinski definition) is 1. The molecule has 0 aliphatic heterocycles. The van der Waals surface area contributed by atoms with Crippen LogP contribution in [-0.4, -0.2) is 44.6 Å². The minimum atomic E-state index is -0.0632. The highest BCUT2D eigenvalue weighted by Gasteiger charge is 2.16. The highest BCUT2D eigenvalue weighted by Crippen LogP contribution is 2.25. The number of benzene rings is 1. The predicted molar refractivity (Wildman–Crippen MR) is 120 cm³/mol. The Balaban J connectivity index is 1.71. The van der Waals surface area contributed by atoms with Crippen molar-refractivity contribution in [2.24, 2.45) is 0 Å². The van der Waals surface area contributed by atoms with E-state index in [1.807, 2.05) is 55.7 Å². The quantitative estimate of drug-likeness (QED) is 0.389. The van der Waals surface area contributed by atoms with Crippen molar-refractivity contribution in [1.29, 1.82) is 0 Å². The van der Waals surface area contributed by atoms with Crippen molar-refractivity contribution in [1.82, 2.24) is 19.7 Å². The van der Waals surface area contributed by atoms with Crippen LogP contribution in [0.2, 0.25) is 0 Å². The lowest BCUT2D eigenvalue weighted by molar-refractivity contribution is -0.113. The first-order valence-electron chi connectivity index (χ1n) is 10.0. The summed E-state index contributed by atoms with van der Waals surface area (Å²) in [4.78, 5) is 16.6. The zero-order valence-corrected chi connectivity index (χ0v) is 18.4. The fourth-order valence-electron chi connectivity index (χ4n) is 3.10. The maximum absolute atomic E-state index is 12.6. The Kier molecular flexibility index (Phi) is 7.98. The van der Waals surface area contributed by atoms with Crippen LogP contribution in [0.15, 0.2) is 47.9 Å². The van der Waals surface area contributed by atoms with Gasteiger partial charge in [0.2, 0.25) is 5.91 Å². The Labute approximate surface area is 181 Å². The third kappa shape index (κ3) is 5.67. The number of hydrogen-bond acceptors (Lipinski definition) is 6. The van der Waals surface area contributed by atoms with Crippen molar-refractivity contribution in [2.45, 2.75) is 38.9 Å². The van der Waals surface area contributed by atoms with Gasteiger partial charge in [-0.1, -0.05) is 30.0 Å². The number of nitrogens with zero attached hydrogens (tertiary/aromatic N) is 4. The summed E-state index contributed by atoms with van der Waals surface area (Å²) in [7, 11) is 0. The second-order valence-corrected chi connectivity index (χ2v) is 7.79. The monoisotopic (exact) mass is 425 g/mol. The van der Waals surface area contributed by atoms with Crippen LogP contribution < -0.4 is 5.32 Å². The van der Waals surface area contributed by atoms with E-state index in [4.69, 9.17) is 4.74 Å². The normalized spacial score (nSPS) is 10.9. The fraction of sp³-hybridized carbons (Fsp3) is 0.364. The summed E-state index contributed by atoms with van der Waals surface area (Å²) in [6.45, 7) is 8.04. The van der Waals surface area contributed by atoms with Crippen LogP contribution in [0.3, 0.4) is 0 Å². The molecule has 0 unspecified atom stereocenters. The first-order chi connectivity index (χ1) is 14.6. The smallest absolute Gasteiger partial charge is 0.234 e. The standard InChI is InChI=1S/C22H27N5O2S/c1-4-29-14-6-13-27-21(18-9-11-23-12-10-18)25-26-22(27)30-15-19(28)24-20-16(2)7-5-8-17(20)3/h5,7-12H,4,6,13-15H2,1-3H3,(H,24,28). The van der Waals surface area contributed by atoms with E-state index in [1.165, 1.54) is 11.8 Å². The summed E-state index contributed by atoms with van der Waals surface area (Å²) in [6, 6.07) is 9.79. The molecule has 0 aliphatic carbocycles. The molecule has 0 saturated heterocycles. The van der Waals surface area contributed by atoms with Crippen molar-refractivity contribution in [2.75, 3.05) is 24.3 Å². The average molecular weight is 426 g/mol. The van der Waals surface area contributed by atoms with E-state index in [-0.39, 0.29) is 11.7 Å².